The maximum atomic E-state index is 4.46. The van der Waals surface area contributed by atoms with Crippen LogP contribution in [0.15, 0.2) is 0 Å². The molecule has 142 valence electrons. The second kappa shape index (κ2) is 8.12. The summed E-state index contributed by atoms with van der Waals surface area (Å²) in [5.74, 6) is 1.09. The molecule has 1 aliphatic heterocycles. The maximum absolute atomic E-state index is 4.46. The second-order valence-electron chi connectivity index (χ2n) is 9.11. The Labute approximate surface area is 152 Å². The average Bonchev–Trinajstić information content (AvgIpc) is 3.10. The zero-order chi connectivity index (χ0) is 17.9. The van der Waals surface area contributed by atoms with Crippen molar-refractivity contribution in [1.82, 2.24) is 20.2 Å². The van der Waals surface area contributed by atoms with Gasteiger partial charge in [-0.15, -0.1) is 5.10 Å². The highest BCUT2D eigenvalue weighted by Crippen LogP contribution is 2.20. The van der Waals surface area contributed by atoms with E-state index in [0.29, 0.717) is 6.04 Å². The molecule has 1 saturated carbocycles. The Morgan fingerprint density at radius 1 is 1.08 bits per heavy atom. The highest BCUT2D eigenvalue weighted by Gasteiger charge is 2.37. The number of hydrogen-bond donors (Lipinski definition) is 2. The molecule has 0 amide bonds. The fraction of sp³-hybridized carbons (Fsp3) is 0.947. The number of nitrogens with zero attached hydrogens (tertiary/aromatic N) is 4. The zero-order valence-corrected chi connectivity index (χ0v) is 16.7. The van der Waals surface area contributed by atoms with Gasteiger partial charge in [0.15, 0.2) is 0 Å². The second-order valence-corrected chi connectivity index (χ2v) is 9.11. The Hall–Kier alpha value is -1.01. The van der Waals surface area contributed by atoms with Gasteiger partial charge in [0.05, 0.1) is 11.6 Å². The summed E-state index contributed by atoms with van der Waals surface area (Å²) >= 11 is 0. The summed E-state index contributed by atoms with van der Waals surface area (Å²) in [7, 11) is 0. The lowest BCUT2D eigenvalue weighted by Crippen LogP contribution is -3.29. The molecule has 1 saturated heterocycles. The van der Waals surface area contributed by atoms with Crippen molar-refractivity contribution in [2.24, 2.45) is 0 Å². The van der Waals surface area contributed by atoms with E-state index in [1.165, 1.54) is 71.1 Å². The number of quaternary nitrogens is 2. The van der Waals surface area contributed by atoms with Gasteiger partial charge in [-0.3, -0.25) is 0 Å². The summed E-state index contributed by atoms with van der Waals surface area (Å²) in [5.41, 5.74) is -0.0561. The van der Waals surface area contributed by atoms with Gasteiger partial charge in [0.2, 0.25) is 5.82 Å². The zero-order valence-electron chi connectivity index (χ0n) is 16.7. The van der Waals surface area contributed by atoms with Gasteiger partial charge in [0.1, 0.15) is 32.2 Å². The maximum Gasteiger partial charge on any atom is 0.209 e. The smallest absolute Gasteiger partial charge is 0.209 e. The van der Waals surface area contributed by atoms with Crippen LogP contribution in [0.3, 0.4) is 0 Å². The third-order valence-electron chi connectivity index (χ3n) is 6.23. The molecule has 0 spiro atoms. The molecule has 2 fully saturated rings. The molecule has 6 heteroatoms. The van der Waals surface area contributed by atoms with Gasteiger partial charge in [-0.1, -0.05) is 19.8 Å². The summed E-state index contributed by atoms with van der Waals surface area (Å²) in [4.78, 5) is 3.57. The molecule has 0 radical (unpaired) electrons. The fourth-order valence-corrected chi connectivity index (χ4v) is 4.85. The van der Waals surface area contributed by atoms with E-state index >= 15 is 0 Å². The monoisotopic (exact) mass is 350 g/mol. The molecule has 1 aromatic rings. The van der Waals surface area contributed by atoms with E-state index in [-0.39, 0.29) is 5.54 Å². The van der Waals surface area contributed by atoms with Crippen molar-refractivity contribution in [1.29, 1.82) is 0 Å². The highest BCUT2D eigenvalue weighted by atomic mass is 15.6. The number of piperazine rings is 1. The molecule has 6 nitrogen and oxygen atoms in total. The lowest BCUT2D eigenvalue weighted by molar-refractivity contribution is -1.04. The van der Waals surface area contributed by atoms with E-state index < -0.39 is 0 Å². The molecular formula is C19H38N6+2. The molecule has 0 aromatic carbocycles. The SMILES string of the molecule is CCC[C@H](c1nnnn1C(C)(C)C)[NH+]1CC[NH+](C2CCCCC2)CC1. The van der Waals surface area contributed by atoms with Crippen LogP contribution in [0.1, 0.15) is 84.5 Å². The Kier molecular flexibility index (Phi) is 6.10. The lowest BCUT2D eigenvalue weighted by Gasteiger charge is -2.38. The van der Waals surface area contributed by atoms with Crippen molar-refractivity contribution >= 4 is 0 Å². The summed E-state index contributed by atoms with van der Waals surface area (Å²) in [6, 6.07) is 1.37. The van der Waals surface area contributed by atoms with Crippen LogP contribution in [0.2, 0.25) is 0 Å². The van der Waals surface area contributed by atoms with Crippen LogP contribution in [0.4, 0.5) is 0 Å². The van der Waals surface area contributed by atoms with E-state index in [9.17, 15) is 0 Å². The minimum absolute atomic E-state index is 0.0561. The number of tetrazole rings is 1. The number of hydrogen-bond acceptors (Lipinski definition) is 3. The normalized spacial score (nSPS) is 27.4. The van der Waals surface area contributed by atoms with Crippen LogP contribution in [0.25, 0.3) is 0 Å². The van der Waals surface area contributed by atoms with Crippen molar-refractivity contribution in [2.45, 2.75) is 90.3 Å². The van der Waals surface area contributed by atoms with Gasteiger partial charge in [0.25, 0.3) is 0 Å². The number of nitrogens with one attached hydrogen (secondary N) is 2. The lowest BCUT2D eigenvalue weighted by atomic mass is 9.93. The predicted octanol–water partition coefficient (Wildman–Crippen LogP) is 0.385. The number of aromatic nitrogens is 4. The average molecular weight is 351 g/mol. The van der Waals surface area contributed by atoms with Gasteiger partial charge < -0.3 is 9.80 Å². The molecular weight excluding hydrogens is 312 g/mol. The summed E-state index contributed by atoms with van der Waals surface area (Å²) < 4.78 is 2.06. The third-order valence-corrected chi connectivity index (χ3v) is 6.23. The van der Waals surface area contributed by atoms with Gasteiger partial charge in [-0.25, -0.2) is 4.68 Å². The Morgan fingerprint density at radius 3 is 2.36 bits per heavy atom. The number of rotatable bonds is 5. The summed E-state index contributed by atoms with van der Waals surface area (Å²) in [5, 5.41) is 12.8. The first kappa shape index (κ1) is 18.8. The first-order valence-electron chi connectivity index (χ1n) is 10.5. The van der Waals surface area contributed by atoms with Crippen molar-refractivity contribution in [2.75, 3.05) is 26.2 Å². The van der Waals surface area contributed by atoms with Crippen molar-refractivity contribution < 1.29 is 9.80 Å². The first-order chi connectivity index (χ1) is 12.0. The summed E-state index contributed by atoms with van der Waals surface area (Å²) in [6.07, 6.45) is 9.61. The molecule has 2 heterocycles. The largest absolute Gasteiger partial charge is 0.323 e. The minimum Gasteiger partial charge on any atom is -0.323 e. The molecule has 2 aliphatic rings. The van der Waals surface area contributed by atoms with Gasteiger partial charge in [-0.05, 0) is 56.9 Å². The van der Waals surface area contributed by atoms with E-state index in [0.717, 1.165) is 11.9 Å². The highest BCUT2D eigenvalue weighted by molar-refractivity contribution is 4.92. The standard InChI is InChI=1S/C19H36N6/c1-5-9-17(18-20-21-22-25(18)19(2,3)4)24-14-12-23(13-15-24)16-10-7-6-8-11-16/h16-17H,5-15H2,1-4H3/p+2/t17-/m1/s1. The predicted molar refractivity (Wildman–Crippen MR) is 98.7 cm³/mol. The van der Waals surface area contributed by atoms with Gasteiger partial charge in [-0.2, -0.15) is 0 Å². The van der Waals surface area contributed by atoms with E-state index in [2.05, 4.69) is 47.9 Å². The Balaban J connectivity index is 1.67. The molecule has 1 aliphatic carbocycles. The van der Waals surface area contributed by atoms with E-state index in [4.69, 9.17) is 0 Å². The van der Waals surface area contributed by atoms with Crippen molar-refractivity contribution in [3.05, 3.63) is 5.82 Å². The fourth-order valence-electron chi connectivity index (χ4n) is 4.85. The van der Waals surface area contributed by atoms with Crippen LogP contribution in [0.5, 0.6) is 0 Å². The molecule has 1 aromatic heterocycles. The minimum atomic E-state index is -0.0561. The first-order valence-corrected chi connectivity index (χ1v) is 10.5. The van der Waals surface area contributed by atoms with E-state index in [1.54, 1.807) is 4.90 Å². The molecule has 3 rings (SSSR count). The Bertz CT molecular complexity index is 520. The molecule has 2 N–H and O–H groups in total. The van der Waals surface area contributed by atoms with Crippen LogP contribution in [-0.2, 0) is 5.54 Å². The summed E-state index contributed by atoms with van der Waals surface area (Å²) in [6.45, 7) is 14.0. The Morgan fingerprint density at radius 2 is 1.76 bits per heavy atom. The van der Waals surface area contributed by atoms with E-state index in [1.807, 2.05) is 4.90 Å². The van der Waals surface area contributed by atoms with Crippen LogP contribution < -0.4 is 9.80 Å². The van der Waals surface area contributed by atoms with Gasteiger partial charge >= 0.3 is 0 Å². The van der Waals surface area contributed by atoms with Crippen LogP contribution in [-0.4, -0.2) is 52.4 Å². The van der Waals surface area contributed by atoms with Crippen molar-refractivity contribution in [3.8, 4) is 0 Å². The topological polar surface area (TPSA) is 52.5 Å². The van der Waals surface area contributed by atoms with Crippen molar-refractivity contribution in [3.63, 3.8) is 0 Å². The van der Waals surface area contributed by atoms with Crippen LogP contribution >= 0.6 is 0 Å². The van der Waals surface area contributed by atoms with Crippen LogP contribution in [0, 0.1) is 0 Å². The molecule has 25 heavy (non-hydrogen) atoms. The molecule has 1 atom stereocenters. The third kappa shape index (κ3) is 4.40. The molecule has 0 bridgehead atoms. The van der Waals surface area contributed by atoms with Gasteiger partial charge in [0, 0.05) is 6.42 Å². The quantitative estimate of drug-likeness (QED) is 0.808. The molecule has 0 unspecified atom stereocenters.